The maximum absolute atomic E-state index is 12.6. The summed E-state index contributed by atoms with van der Waals surface area (Å²) in [4.78, 5) is 36.2. The Bertz CT molecular complexity index is 450. The number of aliphatic carboxylic acids is 1. The van der Waals surface area contributed by atoms with Gasteiger partial charge in [0, 0.05) is 0 Å². The smallest absolute Gasteiger partial charge is 0.326 e. The van der Waals surface area contributed by atoms with Gasteiger partial charge in [-0.05, 0) is 50.2 Å². The first-order chi connectivity index (χ1) is 12.3. The summed E-state index contributed by atoms with van der Waals surface area (Å²) < 4.78 is 0. The highest BCUT2D eigenvalue weighted by molar-refractivity contribution is 7.98. The van der Waals surface area contributed by atoms with E-state index in [1.807, 2.05) is 13.2 Å². The van der Waals surface area contributed by atoms with Crippen LogP contribution >= 0.6 is 11.8 Å². The fraction of sp³-hybridized carbons (Fsp3) is 0.824. The molecule has 0 radical (unpaired) electrons. The standard InChI is InChI=1S/C17H34N4O4S/c1-4-11(2)14(17(24)25)21-16(23)13(7-5-6-9-18)20-15(22)12(19)8-10-26-3/h11-14H,4-10,18-19H2,1-3H3,(H,20,22)(H,21,23)(H,24,25). The van der Waals surface area contributed by atoms with Crippen molar-refractivity contribution >= 4 is 29.5 Å². The normalized spacial score (nSPS) is 15.6. The van der Waals surface area contributed by atoms with Crippen LogP contribution in [0.2, 0.25) is 0 Å². The first kappa shape index (κ1) is 24.7. The lowest BCUT2D eigenvalue weighted by Crippen LogP contribution is -2.55. The zero-order chi connectivity index (χ0) is 20.1. The maximum Gasteiger partial charge on any atom is 0.326 e. The van der Waals surface area contributed by atoms with Crippen molar-refractivity contribution in [3.63, 3.8) is 0 Å². The van der Waals surface area contributed by atoms with Gasteiger partial charge >= 0.3 is 5.97 Å². The van der Waals surface area contributed by atoms with E-state index in [-0.39, 0.29) is 5.92 Å². The number of carboxylic acids is 1. The molecule has 0 aromatic rings. The molecule has 152 valence electrons. The number of hydrogen-bond acceptors (Lipinski definition) is 6. The molecule has 0 heterocycles. The fourth-order valence-electron chi connectivity index (χ4n) is 2.35. The van der Waals surface area contributed by atoms with Crippen LogP contribution in [0.5, 0.6) is 0 Å². The molecule has 0 fully saturated rings. The quantitative estimate of drug-likeness (QED) is 0.268. The number of nitrogens with two attached hydrogens (primary N) is 2. The van der Waals surface area contributed by atoms with Crippen molar-refractivity contribution in [3.8, 4) is 0 Å². The van der Waals surface area contributed by atoms with Gasteiger partial charge in [0.1, 0.15) is 12.1 Å². The van der Waals surface area contributed by atoms with Crippen LogP contribution in [0.3, 0.4) is 0 Å². The van der Waals surface area contributed by atoms with Crippen LogP contribution in [0.25, 0.3) is 0 Å². The van der Waals surface area contributed by atoms with E-state index in [2.05, 4.69) is 10.6 Å². The predicted octanol–water partition coefficient (Wildman–Crippen LogP) is 0.296. The number of carboxylic acid groups (broad SMARTS) is 1. The highest BCUT2D eigenvalue weighted by Crippen LogP contribution is 2.10. The Morgan fingerprint density at radius 3 is 2.27 bits per heavy atom. The van der Waals surface area contributed by atoms with Crippen molar-refractivity contribution in [2.45, 2.75) is 64.1 Å². The molecule has 0 aromatic carbocycles. The van der Waals surface area contributed by atoms with E-state index in [1.165, 1.54) is 0 Å². The van der Waals surface area contributed by atoms with Gasteiger partial charge in [-0.2, -0.15) is 11.8 Å². The van der Waals surface area contributed by atoms with E-state index >= 15 is 0 Å². The molecule has 2 amide bonds. The van der Waals surface area contributed by atoms with Gasteiger partial charge in [-0.1, -0.05) is 20.3 Å². The monoisotopic (exact) mass is 390 g/mol. The summed E-state index contributed by atoms with van der Waals surface area (Å²) in [6.07, 6.45) is 4.79. The van der Waals surface area contributed by atoms with Crippen molar-refractivity contribution in [3.05, 3.63) is 0 Å². The molecule has 7 N–H and O–H groups in total. The minimum Gasteiger partial charge on any atom is -0.480 e. The molecule has 0 aliphatic heterocycles. The van der Waals surface area contributed by atoms with Crippen LogP contribution in [0.15, 0.2) is 0 Å². The minimum absolute atomic E-state index is 0.222. The molecular weight excluding hydrogens is 356 g/mol. The Hall–Kier alpha value is -1.32. The summed E-state index contributed by atoms with van der Waals surface area (Å²) in [5.74, 6) is -1.46. The zero-order valence-electron chi connectivity index (χ0n) is 16.0. The number of unbranched alkanes of at least 4 members (excludes halogenated alkanes) is 1. The van der Waals surface area contributed by atoms with Crippen LogP contribution in [-0.2, 0) is 14.4 Å². The minimum atomic E-state index is -1.09. The van der Waals surface area contributed by atoms with E-state index in [0.717, 1.165) is 5.75 Å². The Morgan fingerprint density at radius 2 is 1.77 bits per heavy atom. The summed E-state index contributed by atoms with van der Waals surface area (Å²) in [5.41, 5.74) is 11.3. The van der Waals surface area contributed by atoms with Crippen LogP contribution in [0, 0.1) is 5.92 Å². The molecule has 0 saturated carbocycles. The van der Waals surface area contributed by atoms with Gasteiger partial charge in [-0.15, -0.1) is 0 Å². The number of hydrogen-bond donors (Lipinski definition) is 5. The Morgan fingerprint density at radius 1 is 1.12 bits per heavy atom. The van der Waals surface area contributed by atoms with Gasteiger partial charge in [0.05, 0.1) is 6.04 Å². The lowest BCUT2D eigenvalue weighted by Gasteiger charge is -2.25. The Kier molecular flexibility index (Phi) is 13.1. The van der Waals surface area contributed by atoms with E-state index in [9.17, 15) is 19.5 Å². The third-order valence-electron chi connectivity index (χ3n) is 4.33. The highest BCUT2D eigenvalue weighted by atomic mass is 32.2. The second kappa shape index (κ2) is 13.8. The van der Waals surface area contributed by atoms with Crippen molar-refractivity contribution < 1.29 is 19.5 Å². The number of carbonyl (C=O) groups excluding carboxylic acids is 2. The van der Waals surface area contributed by atoms with Crippen molar-refractivity contribution in [2.24, 2.45) is 17.4 Å². The van der Waals surface area contributed by atoms with Gasteiger partial charge in [-0.25, -0.2) is 4.79 Å². The van der Waals surface area contributed by atoms with Crippen LogP contribution < -0.4 is 22.1 Å². The van der Waals surface area contributed by atoms with Crippen LogP contribution in [0.1, 0.15) is 46.0 Å². The zero-order valence-corrected chi connectivity index (χ0v) is 16.8. The summed E-state index contributed by atoms with van der Waals surface area (Å²) in [7, 11) is 0. The van der Waals surface area contributed by atoms with Gasteiger partial charge in [0.15, 0.2) is 0 Å². The van der Waals surface area contributed by atoms with Crippen LogP contribution in [-0.4, -0.2) is 59.6 Å². The molecule has 26 heavy (non-hydrogen) atoms. The molecule has 4 atom stereocenters. The molecule has 0 rings (SSSR count). The van der Waals surface area contributed by atoms with Crippen molar-refractivity contribution in [2.75, 3.05) is 18.6 Å². The Balaban J connectivity index is 5.00. The van der Waals surface area contributed by atoms with E-state index in [1.54, 1.807) is 18.7 Å². The number of carbonyl (C=O) groups is 3. The summed E-state index contributed by atoms with van der Waals surface area (Å²) >= 11 is 1.59. The predicted molar refractivity (Wildman–Crippen MR) is 105 cm³/mol. The van der Waals surface area contributed by atoms with Gasteiger partial charge in [-0.3, -0.25) is 9.59 Å². The van der Waals surface area contributed by atoms with E-state index < -0.39 is 35.9 Å². The molecule has 0 spiro atoms. The second-order valence-electron chi connectivity index (χ2n) is 6.44. The molecule has 8 nitrogen and oxygen atoms in total. The molecule has 0 saturated heterocycles. The lowest BCUT2D eigenvalue weighted by atomic mass is 9.98. The third-order valence-corrected chi connectivity index (χ3v) is 4.97. The third kappa shape index (κ3) is 9.40. The number of rotatable bonds is 14. The van der Waals surface area contributed by atoms with Gasteiger partial charge in [0.25, 0.3) is 0 Å². The molecular formula is C17H34N4O4S. The first-order valence-electron chi connectivity index (χ1n) is 9.06. The van der Waals surface area contributed by atoms with Crippen molar-refractivity contribution in [1.82, 2.24) is 10.6 Å². The SMILES string of the molecule is CCC(C)C(NC(=O)C(CCCCN)NC(=O)C(N)CCSC)C(=O)O. The van der Waals surface area contributed by atoms with E-state index in [4.69, 9.17) is 11.5 Å². The highest BCUT2D eigenvalue weighted by Gasteiger charge is 2.30. The van der Waals surface area contributed by atoms with Gasteiger partial charge in [0.2, 0.25) is 11.8 Å². The molecule has 0 aliphatic rings. The van der Waals surface area contributed by atoms with Crippen LogP contribution in [0.4, 0.5) is 0 Å². The molecule has 4 unspecified atom stereocenters. The molecule has 0 aliphatic carbocycles. The Labute approximate surface area is 160 Å². The van der Waals surface area contributed by atoms with Crippen molar-refractivity contribution in [1.29, 1.82) is 0 Å². The first-order valence-corrected chi connectivity index (χ1v) is 10.5. The largest absolute Gasteiger partial charge is 0.480 e. The second-order valence-corrected chi connectivity index (χ2v) is 7.43. The molecule has 0 bridgehead atoms. The number of thioether (sulfide) groups is 1. The van der Waals surface area contributed by atoms with Gasteiger partial charge < -0.3 is 27.2 Å². The fourth-order valence-corrected chi connectivity index (χ4v) is 2.84. The average molecular weight is 391 g/mol. The van der Waals surface area contributed by atoms with E-state index in [0.29, 0.717) is 38.6 Å². The molecule has 9 heteroatoms. The summed E-state index contributed by atoms with van der Waals surface area (Å²) in [6.45, 7) is 4.11. The topological polar surface area (TPSA) is 148 Å². The number of amides is 2. The summed E-state index contributed by atoms with van der Waals surface area (Å²) in [5, 5.41) is 14.6. The lowest BCUT2D eigenvalue weighted by molar-refractivity contribution is -0.143. The maximum atomic E-state index is 12.6. The summed E-state index contributed by atoms with van der Waals surface area (Å²) in [6, 6.07) is -2.51. The molecule has 0 aromatic heterocycles. The number of nitrogens with one attached hydrogen (secondary N) is 2. The average Bonchev–Trinajstić information content (AvgIpc) is 2.61.